The Kier molecular flexibility index (Phi) is 5.97. The Morgan fingerprint density at radius 3 is 2.29 bits per heavy atom. The minimum Gasteiger partial charge on any atom is -0.356 e. The molecule has 0 heterocycles. The van der Waals surface area contributed by atoms with Gasteiger partial charge in [0.25, 0.3) is 0 Å². The van der Waals surface area contributed by atoms with E-state index >= 15 is 0 Å². The van der Waals surface area contributed by atoms with Crippen molar-refractivity contribution in [2.75, 3.05) is 6.54 Å². The minimum absolute atomic E-state index is 0.0935. The fourth-order valence-corrected chi connectivity index (χ4v) is 4.07. The van der Waals surface area contributed by atoms with Gasteiger partial charge in [-0.1, -0.05) is 28.8 Å². The molecule has 2 saturated carbocycles. The zero-order valence-electron chi connectivity index (χ0n) is 12.1. The molecule has 21 heavy (non-hydrogen) atoms. The molecule has 2 aliphatic rings. The predicted molar refractivity (Wildman–Crippen MR) is 79.2 cm³/mol. The Morgan fingerprint density at radius 2 is 1.67 bits per heavy atom. The fourth-order valence-electron chi connectivity index (χ4n) is 3.54. The Bertz CT molecular complexity index is 353. The summed E-state index contributed by atoms with van der Waals surface area (Å²) in [5.74, 6) is -2.32. The van der Waals surface area contributed by atoms with E-state index in [9.17, 15) is 18.0 Å². The number of amides is 1. The lowest BCUT2D eigenvalue weighted by molar-refractivity contribution is -0.198. The van der Waals surface area contributed by atoms with Crippen LogP contribution in [0.2, 0.25) is 0 Å². The fraction of sp³-hybridized carbons (Fsp3) is 0.933. The first-order valence-corrected chi connectivity index (χ1v) is 8.78. The molecule has 2 fully saturated rings. The molecule has 6 heteroatoms. The molecular weight excluding hydrogens is 347 g/mol. The zero-order chi connectivity index (χ0) is 15.5. The summed E-state index contributed by atoms with van der Waals surface area (Å²) in [6.45, 7) is 0.527. The van der Waals surface area contributed by atoms with Crippen molar-refractivity contribution in [3.8, 4) is 0 Å². The molecule has 0 spiro atoms. The molecule has 2 aliphatic carbocycles. The van der Waals surface area contributed by atoms with E-state index in [-0.39, 0.29) is 6.42 Å². The van der Waals surface area contributed by atoms with Crippen LogP contribution in [0.5, 0.6) is 0 Å². The number of alkyl halides is 4. The number of hydrogen-bond donors (Lipinski definition) is 1. The zero-order valence-corrected chi connectivity index (χ0v) is 13.7. The second-order valence-electron chi connectivity index (χ2n) is 6.40. The summed E-state index contributed by atoms with van der Waals surface area (Å²) < 4.78 is 39.0. The summed E-state index contributed by atoms with van der Waals surface area (Å²) in [7, 11) is 0. The highest BCUT2D eigenvalue weighted by molar-refractivity contribution is 9.09. The van der Waals surface area contributed by atoms with Crippen LogP contribution in [0.25, 0.3) is 0 Å². The van der Waals surface area contributed by atoms with Crippen LogP contribution in [0.1, 0.15) is 51.4 Å². The van der Waals surface area contributed by atoms with Crippen LogP contribution in [0.15, 0.2) is 0 Å². The number of rotatable bonds is 3. The van der Waals surface area contributed by atoms with Crippen LogP contribution >= 0.6 is 15.9 Å². The van der Waals surface area contributed by atoms with Crippen molar-refractivity contribution in [2.24, 2.45) is 17.8 Å². The van der Waals surface area contributed by atoms with Crippen molar-refractivity contribution >= 4 is 21.8 Å². The smallest absolute Gasteiger partial charge is 0.356 e. The largest absolute Gasteiger partial charge is 0.392 e. The Morgan fingerprint density at radius 1 is 1.05 bits per heavy atom. The third kappa shape index (κ3) is 4.86. The van der Waals surface area contributed by atoms with Gasteiger partial charge in [-0.2, -0.15) is 13.2 Å². The lowest BCUT2D eigenvalue weighted by Crippen LogP contribution is -2.44. The topological polar surface area (TPSA) is 29.1 Å². The van der Waals surface area contributed by atoms with Crippen molar-refractivity contribution in [3.05, 3.63) is 0 Å². The Labute approximate surface area is 132 Å². The molecule has 0 aromatic carbocycles. The summed E-state index contributed by atoms with van der Waals surface area (Å²) in [5, 5.41) is 2.78. The van der Waals surface area contributed by atoms with Gasteiger partial charge < -0.3 is 5.32 Å². The van der Waals surface area contributed by atoms with Gasteiger partial charge in [0.2, 0.25) is 5.91 Å². The molecule has 0 aromatic heterocycles. The summed E-state index contributed by atoms with van der Waals surface area (Å²) in [5.41, 5.74) is 0. The molecule has 2 unspecified atom stereocenters. The van der Waals surface area contributed by atoms with Gasteiger partial charge in [-0.15, -0.1) is 0 Å². The van der Waals surface area contributed by atoms with Gasteiger partial charge in [0, 0.05) is 17.3 Å². The molecule has 0 saturated heterocycles. The molecule has 0 bridgehead atoms. The van der Waals surface area contributed by atoms with Crippen LogP contribution in [0.3, 0.4) is 0 Å². The SMILES string of the molecule is O=C(NCC1CCC(Br)CC1)C1CCCCC1C(F)(F)F. The second kappa shape index (κ2) is 7.34. The normalized spacial score (nSPS) is 34.5. The first kappa shape index (κ1) is 17.1. The Hall–Kier alpha value is -0.260. The van der Waals surface area contributed by atoms with Gasteiger partial charge in [-0.05, 0) is 44.4 Å². The molecule has 0 aliphatic heterocycles. The number of carbonyl (C=O) groups excluding carboxylic acids is 1. The highest BCUT2D eigenvalue weighted by atomic mass is 79.9. The molecular formula is C15H23BrF3NO. The van der Waals surface area contributed by atoms with Crippen molar-refractivity contribution < 1.29 is 18.0 Å². The highest BCUT2D eigenvalue weighted by Gasteiger charge is 2.48. The summed E-state index contributed by atoms with van der Waals surface area (Å²) in [6.07, 6.45) is 1.72. The number of hydrogen-bond acceptors (Lipinski definition) is 1. The van der Waals surface area contributed by atoms with E-state index in [0.717, 1.165) is 32.1 Å². The summed E-state index contributed by atoms with van der Waals surface area (Å²) in [6, 6.07) is 0. The summed E-state index contributed by atoms with van der Waals surface area (Å²) >= 11 is 3.58. The van der Waals surface area contributed by atoms with E-state index in [4.69, 9.17) is 0 Å². The van der Waals surface area contributed by atoms with Gasteiger partial charge in [0.05, 0.1) is 5.92 Å². The van der Waals surface area contributed by atoms with Gasteiger partial charge in [0.1, 0.15) is 0 Å². The predicted octanol–water partition coefficient (Wildman–Crippen LogP) is 4.43. The molecule has 1 amide bonds. The first-order valence-electron chi connectivity index (χ1n) is 7.86. The molecule has 122 valence electrons. The van der Waals surface area contributed by atoms with E-state index in [1.165, 1.54) is 0 Å². The Balaban J connectivity index is 1.83. The van der Waals surface area contributed by atoms with Crippen LogP contribution in [0, 0.1) is 17.8 Å². The standard InChI is InChI=1S/C15H23BrF3NO/c16-11-7-5-10(6-8-11)9-20-14(21)12-3-1-2-4-13(12)15(17,18)19/h10-13H,1-9H2,(H,20,21). The molecule has 2 atom stereocenters. The molecule has 2 rings (SSSR count). The maximum Gasteiger partial charge on any atom is 0.392 e. The van der Waals surface area contributed by atoms with Gasteiger partial charge >= 0.3 is 6.18 Å². The second-order valence-corrected chi connectivity index (χ2v) is 7.70. The monoisotopic (exact) mass is 369 g/mol. The highest BCUT2D eigenvalue weighted by Crippen LogP contribution is 2.41. The lowest BCUT2D eigenvalue weighted by atomic mass is 9.78. The first-order chi connectivity index (χ1) is 9.88. The van der Waals surface area contributed by atoms with Crippen LogP contribution in [-0.2, 0) is 4.79 Å². The average molecular weight is 370 g/mol. The van der Waals surface area contributed by atoms with Crippen molar-refractivity contribution in [1.82, 2.24) is 5.32 Å². The van der Waals surface area contributed by atoms with Gasteiger partial charge in [0.15, 0.2) is 0 Å². The molecule has 0 aromatic rings. The van der Waals surface area contributed by atoms with Gasteiger partial charge in [-0.3, -0.25) is 4.79 Å². The van der Waals surface area contributed by atoms with Crippen LogP contribution in [0.4, 0.5) is 13.2 Å². The van der Waals surface area contributed by atoms with E-state index < -0.39 is 23.9 Å². The number of carbonyl (C=O) groups is 1. The maximum atomic E-state index is 13.0. The van der Waals surface area contributed by atoms with Crippen LogP contribution in [-0.4, -0.2) is 23.5 Å². The van der Waals surface area contributed by atoms with E-state index in [1.807, 2.05) is 0 Å². The number of nitrogens with one attached hydrogen (secondary N) is 1. The van der Waals surface area contributed by atoms with E-state index in [2.05, 4.69) is 21.2 Å². The molecule has 0 radical (unpaired) electrons. The number of halogens is 4. The molecule has 2 nitrogen and oxygen atoms in total. The van der Waals surface area contributed by atoms with Crippen molar-refractivity contribution in [2.45, 2.75) is 62.4 Å². The average Bonchev–Trinajstić information content (AvgIpc) is 2.45. The van der Waals surface area contributed by atoms with Crippen molar-refractivity contribution in [3.63, 3.8) is 0 Å². The van der Waals surface area contributed by atoms with Crippen molar-refractivity contribution in [1.29, 1.82) is 0 Å². The van der Waals surface area contributed by atoms with E-state index in [0.29, 0.717) is 30.1 Å². The quantitative estimate of drug-likeness (QED) is 0.732. The third-order valence-corrected chi connectivity index (χ3v) is 5.78. The van der Waals surface area contributed by atoms with E-state index in [1.54, 1.807) is 0 Å². The maximum absolute atomic E-state index is 13.0. The minimum atomic E-state index is -4.25. The van der Waals surface area contributed by atoms with Gasteiger partial charge in [-0.25, -0.2) is 0 Å². The summed E-state index contributed by atoms with van der Waals surface area (Å²) in [4.78, 5) is 12.7. The third-order valence-electron chi connectivity index (χ3n) is 4.86. The lowest BCUT2D eigenvalue weighted by Gasteiger charge is -2.33. The molecule has 1 N–H and O–H groups in total. The van der Waals surface area contributed by atoms with Crippen LogP contribution < -0.4 is 5.32 Å².